The van der Waals surface area contributed by atoms with Crippen LogP contribution in [-0.4, -0.2) is 22.5 Å². The summed E-state index contributed by atoms with van der Waals surface area (Å²) in [4.78, 5) is 18.9. The Balaban J connectivity index is 1.98. The van der Waals surface area contributed by atoms with Crippen molar-refractivity contribution in [3.8, 4) is 0 Å². The monoisotopic (exact) mass is 293 g/mol. The molecule has 2 aromatic rings. The molecule has 1 aromatic carbocycles. The molecule has 1 atom stereocenters. The van der Waals surface area contributed by atoms with Gasteiger partial charge in [-0.2, -0.15) is 0 Å². The van der Waals surface area contributed by atoms with Gasteiger partial charge < -0.3 is 15.5 Å². The normalized spacial score (nSPS) is 12.3. The minimum Gasteiger partial charge on any atom is -0.461 e. The summed E-state index contributed by atoms with van der Waals surface area (Å²) in [5.41, 5.74) is 7.65. The molecule has 0 aliphatic rings. The van der Waals surface area contributed by atoms with Crippen molar-refractivity contribution in [3.05, 3.63) is 41.7 Å². The van der Waals surface area contributed by atoms with Crippen molar-refractivity contribution < 1.29 is 9.53 Å². The third-order valence-corrected chi connectivity index (χ3v) is 3.07. The summed E-state index contributed by atoms with van der Waals surface area (Å²) in [6, 6.07) is 5.03. The maximum atomic E-state index is 11.4. The van der Waals surface area contributed by atoms with Crippen LogP contribution in [-0.2, 0) is 9.53 Å². The van der Waals surface area contributed by atoms with Crippen molar-refractivity contribution in [2.45, 2.75) is 18.9 Å². The fourth-order valence-electron chi connectivity index (χ4n) is 1.81. The van der Waals surface area contributed by atoms with Gasteiger partial charge in [0.2, 0.25) is 0 Å². The van der Waals surface area contributed by atoms with E-state index in [1.807, 2.05) is 6.07 Å². The Kier molecular flexibility index (Phi) is 4.76. The van der Waals surface area contributed by atoms with Crippen LogP contribution in [0.5, 0.6) is 0 Å². The number of aromatic nitrogens is 2. The Morgan fingerprint density at radius 3 is 3.15 bits per heavy atom. The van der Waals surface area contributed by atoms with Crippen molar-refractivity contribution in [2.75, 3.05) is 6.61 Å². The van der Waals surface area contributed by atoms with Gasteiger partial charge in [-0.05, 0) is 24.6 Å². The van der Waals surface area contributed by atoms with Gasteiger partial charge in [0.1, 0.15) is 12.4 Å². The molecule has 3 N–H and O–H groups in total. The van der Waals surface area contributed by atoms with Gasteiger partial charge in [-0.25, -0.2) is 4.98 Å². The van der Waals surface area contributed by atoms with E-state index in [0.29, 0.717) is 17.3 Å². The van der Waals surface area contributed by atoms with Crippen LogP contribution < -0.4 is 5.73 Å². The van der Waals surface area contributed by atoms with Crippen molar-refractivity contribution in [1.82, 2.24) is 9.97 Å². The predicted octanol–water partition coefficient (Wildman–Crippen LogP) is 2.73. The van der Waals surface area contributed by atoms with E-state index in [1.54, 1.807) is 12.1 Å². The van der Waals surface area contributed by atoms with E-state index in [2.05, 4.69) is 16.5 Å². The minimum absolute atomic E-state index is 0.219. The van der Waals surface area contributed by atoms with Gasteiger partial charge in [0, 0.05) is 11.4 Å². The molecule has 0 fully saturated rings. The van der Waals surface area contributed by atoms with E-state index in [4.69, 9.17) is 22.1 Å². The van der Waals surface area contributed by atoms with Gasteiger partial charge in [-0.3, -0.25) is 4.79 Å². The number of halogens is 1. The lowest BCUT2D eigenvalue weighted by Crippen LogP contribution is -2.15. The van der Waals surface area contributed by atoms with Gasteiger partial charge >= 0.3 is 5.97 Å². The number of nitrogens with two attached hydrogens (primary N) is 1. The average molecular weight is 294 g/mol. The highest BCUT2D eigenvalue weighted by Gasteiger charge is 2.14. The molecule has 1 aromatic heterocycles. The fraction of sp³-hybridized carbons (Fsp3) is 0.286. The molecule has 0 unspecified atom stereocenters. The first-order chi connectivity index (χ1) is 9.60. The Morgan fingerprint density at radius 1 is 1.60 bits per heavy atom. The Morgan fingerprint density at radius 2 is 2.40 bits per heavy atom. The SMILES string of the molecule is C=CCOC(=O)CC[C@H](N)c1nc2ccc(Cl)cc2[nH]1. The second-order valence-corrected chi connectivity index (χ2v) is 4.84. The van der Waals surface area contributed by atoms with Crippen LogP contribution in [0.15, 0.2) is 30.9 Å². The number of nitrogens with zero attached hydrogens (tertiary/aromatic N) is 1. The number of aromatic amines is 1. The van der Waals surface area contributed by atoms with Crippen LogP contribution >= 0.6 is 11.6 Å². The Labute approximate surface area is 121 Å². The van der Waals surface area contributed by atoms with Crippen LogP contribution in [0, 0.1) is 0 Å². The van der Waals surface area contributed by atoms with Crippen LogP contribution in [0.25, 0.3) is 11.0 Å². The first-order valence-corrected chi connectivity index (χ1v) is 6.65. The van der Waals surface area contributed by atoms with Crippen molar-refractivity contribution >= 4 is 28.6 Å². The van der Waals surface area contributed by atoms with Gasteiger partial charge in [-0.1, -0.05) is 24.3 Å². The van der Waals surface area contributed by atoms with E-state index in [1.165, 1.54) is 6.08 Å². The number of carbonyl (C=O) groups is 1. The molecular formula is C14H16ClN3O2. The molecule has 0 bridgehead atoms. The smallest absolute Gasteiger partial charge is 0.306 e. The summed E-state index contributed by atoms with van der Waals surface area (Å²) in [6.45, 7) is 3.70. The summed E-state index contributed by atoms with van der Waals surface area (Å²) in [7, 11) is 0. The number of fused-ring (bicyclic) bond motifs is 1. The molecule has 0 spiro atoms. The van der Waals surface area contributed by atoms with Crippen LogP contribution in [0.2, 0.25) is 5.02 Å². The second-order valence-electron chi connectivity index (χ2n) is 4.40. The molecule has 0 saturated carbocycles. The van der Waals surface area contributed by atoms with Crippen molar-refractivity contribution in [1.29, 1.82) is 0 Å². The summed E-state index contributed by atoms with van der Waals surface area (Å²) in [5, 5.41) is 0.634. The summed E-state index contributed by atoms with van der Waals surface area (Å²) in [5.74, 6) is 0.346. The van der Waals surface area contributed by atoms with Gasteiger partial charge in [-0.15, -0.1) is 0 Å². The molecule has 0 radical (unpaired) electrons. The van der Waals surface area contributed by atoms with Gasteiger partial charge in [0.15, 0.2) is 0 Å². The molecule has 106 valence electrons. The number of nitrogens with one attached hydrogen (secondary N) is 1. The van der Waals surface area contributed by atoms with E-state index >= 15 is 0 Å². The molecule has 1 heterocycles. The van der Waals surface area contributed by atoms with Crippen LogP contribution in [0.1, 0.15) is 24.7 Å². The third kappa shape index (κ3) is 3.59. The molecule has 5 nitrogen and oxygen atoms in total. The zero-order valence-electron chi connectivity index (χ0n) is 10.9. The fourth-order valence-corrected chi connectivity index (χ4v) is 1.98. The predicted molar refractivity (Wildman–Crippen MR) is 78.4 cm³/mol. The van der Waals surface area contributed by atoms with Crippen LogP contribution in [0.4, 0.5) is 0 Å². The average Bonchev–Trinajstić information content (AvgIpc) is 2.85. The second kappa shape index (κ2) is 6.54. The van der Waals surface area contributed by atoms with E-state index in [-0.39, 0.29) is 25.0 Å². The topological polar surface area (TPSA) is 81.0 Å². The zero-order chi connectivity index (χ0) is 14.5. The summed E-state index contributed by atoms with van der Waals surface area (Å²) >= 11 is 5.91. The minimum atomic E-state index is -0.350. The molecular weight excluding hydrogens is 278 g/mol. The molecule has 0 saturated heterocycles. The number of imidazole rings is 1. The Bertz CT molecular complexity index is 624. The molecule has 0 aliphatic carbocycles. The maximum absolute atomic E-state index is 11.4. The van der Waals surface area contributed by atoms with Crippen molar-refractivity contribution in [3.63, 3.8) is 0 Å². The quantitative estimate of drug-likeness (QED) is 0.634. The Hall–Kier alpha value is -1.85. The standard InChI is InChI=1S/C14H16ClN3O2/c1-2-7-20-13(19)6-4-10(16)14-17-11-5-3-9(15)8-12(11)18-14/h2-3,5,8,10H,1,4,6-7,16H2,(H,17,18)/t10-/m0/s1. The number of esters is 1. The van der Waals surface area contributed by atoms with Gasteiger partial charge in [0.05, 0.1) is 17.1 Å². The highest BCUT2D eigenvalue weighted by molar-refractivity contribution is 6.31. The number of carbonyl (C=O) groups excluding carboxylic acids is 1. The lowest BCUT2D eigenvalue weighted by atomic mass is 10.1. The third-order valence-electron chi connectivity index (χ3n) is 2.84. The molecule has 2 rings (SSSR count). The number of hydrogen-bond acceptors (Lipinski definition) is 4. The number of hydrogen-bond donors (Lipinski definition) is 2. The van der Waals surface area contributed by atoms with E-state index in [0.717, 1.165) is 11.0 Å². The summed E-state index contributed by atoms with van der Waals surface area (Å²) in [6.07, 6.45) is 2.23. The maximum Gasteiger partial charge on any atom is 0.306 e. The highest BCUT2D eigenvalue weighted by Crippen LogP contribution is 2.21. The molecule has 6 heteroatoms. The first kappa shape index (κ1) is 14.6. The number of benzene rings is 1. The number of H-pyrrole nitrogens is 1. The number of ether oxygens (including phenoxy) is 1. The van der Waals surface area contributed by atoms with E-state index in [9.17, 15) is 4.79 Å². The molecule has 0 amide bonds. The summed E-state index contributed by atoms with van der Waals surface area (Å²) < 4.78 is 4.89. The van der Waals surface area contributed by atoms with E-state index < -0.39 is 0 Å². The van der Waals surface area contributed by atoms with Crippen LogP contribution in [0.3, 0.4) is 0 Å². The van der Waals surface area contributed by atoms with Crippen molar-refractivity contribution in [2.24, 2.45) is 5.73 Å². The highest BCUT2D eigenvalue weighted by atomic mass is 35.5. The van der Waals surface area contributed by atoms with Gasteiger partial charge in [0.25, 0.3) is 0 Å². The molecule has 0 aliphatic heterocycles. The number of rotatable bonds is 6. The zero-order valence-corrected chi connectivity index (χ0v) is 11.7. The molecule has 20 heavy (non-hydrogen) atoms. The lowest BCUT2D eigenvalue weighted by molar-refractivity contribution is -0.142. The largest absolute Gasteiger partial charge is 0.461 e. The lowest BCUT2D eigenvalue weighted by Gasteiger charge is -2.07. The first-order valence-electron chi connectivity index (χ1n) is 6.27.